The summed E-state index contributed by atoms with van der Waals surface area (Å²) in [5.74, 6) is -0.0686. The number of aliphatic imine (C=N–C) groups is 2. The topological polar surface area (TPSA) is 55.2 Å². The lowest BCUT2D eigenvalue weighted by molar-refractivity contribution is -0.293. The van der Waals surface area contributed by atoms with E-state index < -0.39 is 30.1 Å². The quantitative estimate of drug-likeness (QED) is 0.762. The summed E-state index contributed by atoms with van der Waals surface area (Å²) in [4.78, 5) is 5.42. The molecule has 3 rings (SSSR count). The second-order valence-electron chi connectivity index (χ2n) is 5.46. The minimum absolute atomic E-state index is 0.0343. The van der Waals surface area contributed by atoms with E-state index in [-0.39, 0.29) is 11.5 Å². The number of amidine groups is 2. The van der Waals surface area contributed by atoms with Crippen LogP contribution in [0.25, 0.3) is 0 Å². The van der Waals surface area contributed by atoms with Crippen LogP contribution >= 0.6 is 0 Å². The Morgan fingerprint density at radius 2 is 1.00 bits per heavy atom. The molecule has 0 unspecified atom stereocenters. The second-order valence-corrected chi connectivity index (χ2v) is 5.46. The first kappa shape index (κ1) is 19.5. The van der Waals surface area contributed by atoms with Crippen molar-refractivity contribution >= 4 is 12.0 Å². The van der Waals surface area contributed by atoms with E-state index in [2.05, 4.69) is 15.3 Å². The number of nitrogens with one attached hydrogen (secondary N) is 1. The summed E-state index contributed by atoms with van der Waals surface area (Å²) < 4.78 is 90.8. The van der Waals surface area contributed by atoms with Crippen molar-refractivity contribution in [2.24, 2.45) is 9.98 Å². The summed E-state index contributed by atoms with van der Waals surface area (Å²) in [7, 11) is 0. The Hall–Kier alpha value is -3.24. The number of hydrogen-bond donors (Lipinski definition) is 1. The van der Waals surface area contributed by atoms with Gasteiger partial charge < -0.3 is 9.47 Å². The standard InChI is InChI=1S/C17H11F6N3O2/c18-16(19,20)15(17(21,22)23)25-13(27-11-7-3-1-4-8-11)24-14(26-15)28-12-9-5-2-6-10-12/h1-10H,(H,24,25,26). The number of nitrogens with zero attached hydrogens (tertiary/aromatic N) is 2. The molecule has 11 heteroatoms. The van der Waals surface area contributed by atoms with Crippen LogP contribution in [0.5, 0.6) is 11.5 Å². The highest BCUT2D eigenvalue weighted by Gasteiger charge is 2.74. The van der Waals surface area contributed by atoms with Gasteiger partial charge in [0.15, 0.2) is 0 Å². The summed E-state index contributed by atoms with van der Waals surface area (Å²) >= 11 is 0. The van der Waals surface area contributed by atoms with E-state index in [9.17, 15) is 26.3 Å². The Morgan fingerprint density at radius 3 is 1.32 bits per heavy atom. The van der Waals surface area contributed by atoms with Gasteiger partial charge >= 0.3 is 30.1 Å². The first-order valence-corrected chi connectivity index (χ1v) is 7.67. The van der Waals surface area contributed by atoms with Crippen molar-refractivity contribution in [3.8, 4) is 11.5 Å². The minimum Gasteiger partial charge on any atom is -0.426 e. The van der Waals surface area contributed by atoms with Gasteiger partial charge in [0, 0.05) is 0 Å². The number of rotatable bonds is 2. The largest absolute Gasteiger partial charge is 0.443 e. The smallest absolute Gasteiger partial charge is 0.426 e. The normalized spacial score (nSPS) is 16.5. The molecule has 1 aliphatic rings. The first-order chi connectivity index (χ1) is 13.1. The molecule has 148 valence electrons. The Bertz CT molecular complexity index is 806. The maximum Gasteiger partial charge on any atom is 0.443 e. The molecule has 0 fully saturated rings. The summed E-state index contributed by atoms with van der Waals surface area (Å²) in [5, 5.41) is 2.10. The number of hydrogen-bond acceptors (Lipinski definition) is 5. The van der Waals surface area contributed by atoms with E-state index in [0.29, 0.717) is 0 Å². The number of benzene rings is 2. The third-order valence-corrected chi connectivity index (χ3v) is 3.45. The third kappa shape index (κ3) is 3.87. The van der Waals surface area contributed by atoms with Crippen LogP contribution in [-0.4, -0.2) is 30.1 Å². The maximum atomic E-state index is 13.4. The van der Waals surface area contributed by atoms with E-state index in [1.54, 1.807) is 12.1 Å². The molecule has 0 saturated carbocycles. The molecule has 0 amide bonds. The zero-order chi connectivity index (χ0) is 20.4. The van der Waals surface area contributed by atoms with Gasteiger partial charge in [0.05, 0.1) is 0 Å². The van der Waals surface area contributed by atoms with Crippen LogP contribution in [0.1, 0.15) is 0 Å². The number of halogens is 6. The van der Waals surface area contributed by atoms with Gasteiger partial charge in [-0.2, -0.15) is 36.3 Å². The molecule has 1 N–H and O–H groups in total. The average molecular weight is 403 g/mol. The van der Waals surface area contributed by atoms with Crippen molar-refractivity contribution in [3.63, 3.8) is 0 Å². The summed E-state index contributed by atoms with van der Waals surface area (Å²) in [6.45, 7) is 0. The highest BCUT2D eigenvalue weighted by molar-refractivity contribution is 5.97. The summed E-state index contributed by atoms with van der Waals surface area (Å²) in [6.07, 6.45) is -11.8. The molecule has 2 aromatic carbocycles. The lowest BCUT2D eigenvalue weighted by Gasteiger charge is -2.33. The predicted molar refractivity (Wildman–Crippen MR) is 87.0 cm³/mol. The highest BCUT2D eigenvalue weighted by Crippen LogP contribution is 2.48. The lowest BCUT2D eigenvalue weighted by Crippen LogP contribution is -2.60. The number of alkyl halides is 6. The zero-order valence-electron chi connectivity index (χ0n) is 13.8. The Balaban J connectivity index is 2.05. The maximum absolute atomic E-state index is 13.4. The van der Waals surface area contributed by atoms with Crippen molar-refractivity contribution in [2.75, 3.05) is 0 Å². The minimum atomic E-state index is -5.90. The van der Waals surface area contributed by atoms with E-state index in [4.69, 9.17) is 9.47 Å². The van der Waals surface area contributed by atoms with Gasteiger partial charge in [0.25, 0.3) is 0 Å². The van der Waals surface area contributed by atoms with Crippen molar-refractivity contribution < 1.29 is 35.8 Å². The van der Waals surface area contributed by atoms with Gasteiger partial charge in [-0.1, -0.05) is 36.4 Å². The second kappa shape index (κ2) is 7.06. The molecule has 0 aromatic heterocycles. The van der Waals surface area contributed by atoms with E-state index in [1.165, 1.54) is 48.5 Å². The fourth-order valence-electron chi connectivity index (χ4n) is 2.18. The van der Waals surface area contributed by atoms with Gasteiger partial charge in [-0.3, -0.25) is 5.32 Å². The SMILES string of the molecule is FC(F)(F)C1(C(F)(F)F)N=C(Oc2ccccc2)NC(Oc2ccccc2)=N1. The lowest BCUT2D eigenvalue weighted by atomic mass is 10.1. The molecular formula is C17H11F6N3O2. The molecule has 2 aromatic rings. The van der Waals surface area contributed by atoms with Crippen LogP contribution in [0.15, 0.2) is 70.6 Å². The van der Waals surface area contributed by atoms with Gasteiger partial charge in [-0.25, -0.2) is 0 Å². The van der Waals surface area contributed by atoms with E-state index in [0.717, 1.165) is 0 Å². The molecule has 1 aliphatic heterocycles. The summed E-state index contributed by atoms with van der Waals surface area (Å²) in [6, 6.07) is 12.3. The van der Waals surface area contributed by atoms with Crippen LogP contribution in [0.3, 0.4) is 0 Å². The van der Waals surface area contributed by atoms with Crippen LogP contribution in [0, 0.1) is 0 Å². The summed E-state index contributed by atoms with van der Waals surface area (Å²) in [5.41, 5.74) is -4.78. The van der Waals surface area contributed by atoms with Crippen molar-refractivity contribution in [1.82, 2.24) is 5.32 Å². The zero-order valence-corrected chi connectivity index (χ0v) is 13.8. The molecule has 0 spiro atoms. The van der Waals surface area contributed by atoms with Crippen molar-refractivity contribution in [1.29, 1.82) is 0 Å². The van der Waals surface area contributed by atoms with E-state index in [1.807, 2.05) is 0 Å². The molecule has 0 saturated heterocycles. The van der Waals surface area contributed by atoms with Gasteiger partial charge in [0.2, 0.25) is 0 Å². The van der Waals surface area contributed by atoms with Crippen LogP contribution < -0.4 is 14.8 Å². The van der Waals surface area contributed by atoms with Crippen LogP contribution in [0.2, 0.25) is 0 Å². The molecule has 0 atom stereocenters. The molecule has 5 nitrogen and oxygen atoms in total. The molecule has 0 bridgehead atoms. The Morgan fingerprint density at radius 1 is 0.643 bits per heavy atom. The van der Waals surface area contributed by atoms with Crippen molar-refractivity contribution in [2.45, 2.75) is 18.0 Å². The monoisotopic (exact) mass is 403 g/mol. The Kier molecular flexibility index (Phi) is 4.92. The third-order valence-electron chi connectivity index (χ3n) is 3.45. The molecule has 0 aliphatic carbocycles. The number of ether oxygens (including phenoxy) is 2. The molecule has 28 heavy (non-hydrogen) atoms. The van der Waals surface area contributed by atoms with E-state index >= 15 is 0 Å². The fraction of sp³-hybridized carbons (Fsp3) is 0.176. The van der Waals surface area contributed by atoms with Crippen molar-refractivity contribution in [3.05, 3.63) is 60.7 Å². The average Bonchev–Trinajstić information content (AvgIpc) is 2.61. The predicted octanol–water partition coefficient (Wildman–Crippen LogP) is 4.28. The molecular weight excluding hydrogens is 392 g/mol. The van der Waals surface area contributed by atoms with Gasteiger partial charge in [0.1, 0.15) is 11.5 Å². The van der Waals surface area contributed by atoms with Crippen LogP contribution in [-0.2, 0) is 0 Å². The fourth-order valence-corrected chi connectivity index (χ4v) is 2.18. The Labute approximate surface area is 154 Å². The highest BCUT2D eigenvalue weighted by atomic mass is 19.4. The van der Waals surface area contributed by atoms with Gasteiger partial charge in [-0.15, -0.1) is 0 Å². The first-order valence-electron chi connectivity index (χ1n) is 7.67. The number of para-hydroxylation sites is 2. The molecule has 1 heterocycles. The van der Waals surface area contributed by atoms with Gasteiger partial charge in [-0.05, 0) is 24.3 Å². The van der Waals surface area contributed by atoms with Crippen LogP contribution in [0.4, 0.5) is 26.3 Å². The molecule has 0 radical (unpaired) electrons.